The molecule has 6 rings (SSSR count). The summed E-state index contributed by atoms with van der Waals surface area (Å²) in [6, 6.07) is 20.4. The summed E-state index contributed by atoms with van der Waals surface area (Å²) in [5.41, 5.74) is 4.07. The van der Waals surface area contributed by atoms with Crippen molar-refractivity contribution in [3.63, 3.8) is 0 Å². The molecule has 39 heavy (non-hydrogen) atoms. The third kappa shape index (κ3) is 5.32. The Balaban J connectivity index is 1.26. The number of nitrogens with zero attached hydrogens (tertiary/aromatic N) is 1. The Kier molecular flexibility index (Phi) is 6.93. The molecule has 1 aliphatic carbocycles. The molecular weight excluding hydrogens is 570 g/mol. The predicted molar refractivity (Wildman–Crippen MR) is 161 cm³/mol. The van der Waals surface area contributed by atoms with Crippen LogP contribution >= 0.6 is 34.3 Å². The molecule has 2 aromatic heterocycles. The lowest BCUT2D eigenvalue weighted by atomic mass is 9.88. The minimum Gasteiger partial charge on any atom is -0.313 e. The van der Waals surface area contributed by atoms with Crippen LogP contribution in [0.1, 0.15) is 34.1 Å². The molecule has 198 valence electrons. The third-order valence-electron chi connectivity index (χ3n) is 6.77. The number of amides is 1. The van der Waals surface area contributed by atoms with Gasteiger partial charge < -0.3 is 5.32 Å². The Morgan fingerprint density at radius 3 is 2.49 bits per heavy atom. The Hall–Kier alpha value is -3.24. The largest absolute Gasteiger partial charge is 0.313 e. The first-order valence-corrected chi connectivity index (χ1v) is 16.0. The number of carbonyl (C=O) groups is 1. The van der Waals surface area contributed by atoms with Crippen molar-refractivity contribution in [3.8, 4) is 10.6 Å². The highest BCUT2D eigenvalue weighted by molar-refractivity contribution is 7.92. The van der Waals surface area contributed by atoms with Gasteiger partial charge in [0, 0.05) is 26.7 Å². The molecule has 3 aromatic carbocycles. The van der Waals surface area contributed by atoms with Crippen LogP contribution in [0, 0.1) is 5.92 Å². The highest BCUT2D eigenvalue weighted by Crippen LogP contribution is 2.47. The van der Waals surface area contributed by atoms with Crippen molar-refractivity contribution in [1.82, 2.24) is 4.98 Å². The summed E-state index contributed by atoms with van der Waals surface area (Å²) < 4.78 is 29.0. The van der Waals surface area contributed by atoms with E-state index in [0.717, 1.165) is 45.1 Å². The second-order valence-corrected chi connectivity index (χ2v) is 13.9. The number of sulfonamides is 1. The van der Waals surface area contributed by atoms with E-state index in [-0.39, 0.29) is 10.8 Å². The summed E-state index contributed by atoms with van der Waals surface area (Å²) in [6.07, 6.45) is 3.08. The van der Waals surface area contributed by atoms with Gasteiger partial charge >= 0.3 is 0 Å². The van der Waals surface area contributed by atoms with Crippen molar-refractivity contribution in [2.75, 3.05) is 10.0 Å². The fourth-order valence-corrected chi connectivity index (χ4v) is 8.44. The van der Waals surface area contributed by atoms with E-state index in [2.05, 4.69) is 23.0 Å². The average molecular weight is 594 g/mol. The van der Waals surface area contributed by atoms with E-state index in [1.165, 1.54) is 34.7 Å². The predicted octanol–water partition coefficient (Wildman–Crippen LogP) is 7.86. The van der Waals surface area contributed by atoms with E-state index < -0.39 is 10.0 Å². The quantitative estimate of drug-likeness (QED) is 0.210. The summed E-state index contributed by atoms with van der Waals surface area (Å²) in [5.74, 6) is 0.350. The van der Waals surface area contributed by atoms with Crippen molar-refractivity contribution in [2.45, 2.75) is 31.1 Å². The van der Waals surface area contributed by atoms with Crippen molar-refractivity contribution in [3.05, 3.63) is 93.8 Å². The Bertz CT molecular complexity index is 1760. The second-order valence-electron chi connectivity index (χ2n) is 9.63. The summed E-state index contributed by atoms with van der Waals surface area (Å²) in [5, 5.41) is 5.32. The smallest absolute Gasteiger partial charge is 0.261 e. The Morgan fingerprint density at radius 2 is 1.74 bits per heavy atom. The van der Waals surface area contributed by atoms with Gasteiger partial charge in [-0.1, -0.05) is 30.7 Å². The van der Waals surface area contributed by atoms with Crippen LogP contribution in [-0.2, 0) is 22.9 Å². The van der Waals surface area contributed by atoms with Gasteiger partial charge in [0.2, 0.25) is 0 Å². The first-order chi connectivity index (χ1) is 18.8. The summed E-state index contributed by atoms with van der Waals surface area (Å²) in [7, 11) is -3.78. The van der Waals surface area contributed by atoms with Gasteiger partial charge in [0.05, 0.1) is 15.1 Å². The van der Waals surface area contributed by atoms with Crippen LogP contribution in [0.3, 0.4) is 0 Å². The van der Waals surface area contributed by atoms with Gasteiger partial charge in [-0.25, -0.2) is 13.4 Å². The van der Waals surface area contributed by atoms with E-state index in [1.54, 1.807) is 46.9 Å². The topological polar surface area (TPSA) is 88.2 Å². The maximum atomic E-state index is 13.3. The lowest BCUT2D eigenvalue weighted by molar-refractivity contribution is 0.102. The van der Waals surface area contributed by atoms with E-state index in [4.69, 9.17) is 16.6 Å². The van der Waals surface area contributed by atoms with Crippen LogP contribution in [-0.4, -0.2) is 19.3 Å². The molecule has 10 heteroatoms. The number of thiophene rings is 1. The van der Waals surface area contributed by atoms with Crippen LogP contribution in [0.25, 0.3) is 20.8 Å². The molecule has 6 nitrogen and oxygen atoms in total. The fourth-order valence-electron chi connectivity index (χ4n) is 4.74. The fraction of sp³-hybridized carbons (Fsp3) is 0.172. The minimum atomic E-state index is -3.78. The molecule has 2 N–H and O–H groups in total. The highest BCUT2D eigenvalue weighted by Gasteiger charge is 2.27. The Morgan fingerprint density at radius 1 is 1.00 bits per heavy atom. The van der Waals surface area contributed by atoms with Gasteiger partial charge in [-0.05, 0) is 91.4 Å². The summed E-state index contributed by atoms with van der Waals surface area (Å²) in [6.45, 7) is 2.26. The van der Waals surface area contributed by atoms with Crippen molar-refractivity contribution in [2.24, 2.45) is 5.92 Å². The molecule has 1 unspecified atom stereocenters. The van der Waals surface area contributed by atoms with Gasteiger partial charge in [0.25, 0.3) is 15.9 Å². The van der Waals surface area contributed by atoms with Crippen LogP contribution in [0.15, 0.2) is 77.7 Å². The summed E-state index contributed by atoms with van der Waals surface area (Å²) >= 11 is 9.15. The number of hydrogen-bond donors (Lipinski definition) is 2. The molecule has 1 atom stereocenters. The van der Waals surface area contributed by atoms with Crippen LogP contribution < -0.4 is 10.0 Å². The molecule has 0 radical (unpaired) electrons. The monoisotopic (exact) mass is 593 g/mol. The molecule has 0 saturated heterocycles. The Labute approximate surface area is 239 Å². The van der Waals surface area contributed by atoms with Crippen LogP contribution in [0.4, 0.5) is 10.7 Å². The number of aromatic nitrogens is 1. The summed E-state index contributed by atoms with van der Waals surface area (Å²) in [4.78, 5) is 19.6. The van der Waals surface area contributed by atoms with Crippen molar-refractivity contribution < 1.29 is 13.2 Å². The van der Waals surface area contributed by atoms with Gasteiger partial charge in [0.1, 0.15) is 10.0 Å². The van der Waals surface area contributed by atoms with E-state index in [9.17, 15) is 13.2 Å². The number of nitrogens with one attached hydrogen (secondary N) is 2. The van der Waals surface area contributed by atoms with Crippen molar-refractivity contribution >= 4 is 71.1 Å². The standard InChI is InChI=1S/C29H24ClN3O3S3/c1-17-6-15-22-25(16-17)38-29(26(22)28-31-23-4-2-3-5-24(23)37-28)32-27(34)18-7-11-20(12-8-18)33-39(35,36)21-13-9-19(30)10-14-21/h2-5,7-14,17,33H,6,15-16H2,1H3,(H,32,34). The molecular formula is C29H24ClN3O3S3. The van der Waals surface area contributed by atoms with Gasteiger partial charge in [-0.15, -0.1) is 22.7 Å². The number of fused-ring (bicyclic) bond motifs is 2. The minimum absolute atomic E-state index is 0.104. The normalized spacial score (nSPS) is 15.2. The zero-order chi connectivity index (χ0) is 27.1. The van der Waals surface area contributed by atoms with Crippen LogP contribution in [0.2, 0.25) is 5.02 Å². The van der Waals surface area contributed by atoms with E-state index >= 15 is 0 Å². The SMILES string of the molecule is CC1CCc2c(sc(NC(=O)c3ccc(NS(=O)(=O)c4ccc(Cl)cc4)cc3)c2-c2nc3ccccc3s2)C1. The van der Waals surface area contributed by atoms with Gasteiger partial charge in [0.15, 0.2) is 0 Å². The lowest BCUT2D eigenvalue weighted by Gasteiger charge is -2.18. The number of anilines is 2. The molecule has 0 aliphatic heterocycles. The zero-order valence-electron chi connectivity index (χ0n) is 20.9. The molecule has 5 aromatic rings. The highest BCUT2D eigenvalue weighted by atomic mass is 35.5. The number of hydrogen-bond acceptors (Lipinski definition) is 6. The number of halogens is 1. The van der Waals surface area contributed by atoms with E-state index in [0.29, 0.717) is 22.2 Å². The molecule has 0 saturated carbocycles. The maximum Gasteiger partial charge on any atom is 0.261 e. The van der Waals surface area contributed by atoms with Crippen LogP contribution in [0.5, 0.6) is 0 Å². The number of para-hydroxylation sites is 1. The molecule has 2 heterocycles. The van der Waals surface area contributed by atoms with E-state index in [1.807, 2.05) is 18.2 Å². The lowest BCUT2D eigenvalue weighted by Crippen LogP contribution is -2.14. The first-order valence-electron chi connectivity index (χ1n) is 12.5. The number of thiazole rings is 1. The van der Waals surface area contributed by atoms with Crippen molar-refractivity contribution in [1.29, 1.82) is 0 Å². The van der Waals surface area contributed by atoms with Gasteiger partial charge in [-0.2, -0.15) is 0 Å². The zero-order valence-corrected chi connectivity index (χ0v) is 24.1. The molecule has 1 aliphatic rings. The number of benzene rings is 3. The third-order valence-corrected chi connectivity index (χ3v) is 10.6. The second kappa shape index (κ2) is 10.4. The maximum absolute atomic E-state index is 13.3. The molecule has 0 spiro atoms. The first kappa shape index (κ1) is 26.0. The average Bonchev–Trinajstić information content (AvgIpc) is 3.49. The van der Waals surface area contributed by atoms with Gasteiger partial charge in [-0.3, -0.25) is 9.52 Å². The molecule has 0 fully saturated rings. The number of rotatable bonds is 6. The number of carbonyl (C=O) groups excluding carboxylic acids is 1. The molecule has 0 bridgehead atoms. The molecule has 1 amide bonds.